The summed E-state index contributed by atoms with van der Waals surface area (Å²) in [7, 11) is 2.28. The van der Waals surface area contributed by atoms with Gasteiger partial charge in [-0.3, -0.25) is 0 Å². The van der Waals surface area contributed by atoms with Gasteiger partial charge in [0.05, 0.1) is 5.54 Å². The standard InChI is InChI=1S/C23H37N/c1-5-7-9-11-15-20-19-23(3,18-14-10-8-6-2)24(4)22-17-13-12-16-21(20)22/h12-13,16-17,19H,5-11,14-15,18H2,1-4H3. The van der Waals surface area contributed by atoms with Crippen LogP contribution in [0.2, 0.25) is 0 Å². The Kier molecular flexibility index (Phi) is 7.40. The van der Waals surface area contributed by atoms with E-state index in [2.05, 4.69) is 63.1 Å². The van der Waals surface area contributed by atoms with Crippen molar-refractivity contribution >= 4 is 11.3 Å². The van der Waals surface area contributed by atoms with E-state index >= 15 is 0 Å². The highest BCUT2D eigenvalue weighted by molar-refractivity contribution is 5.81. The number of allylic oxidation sites excluding steroid dienone is 1. The van der Waals surface area contributed by atoms with E-state index in [0.717, 1.165) is 0 Å². The Hall–Kier alpha value is -1.24. The average molecular weight is 328 g/mol. The molecule has 0 saturated carbocycles. The number of hydrogen-bond acceptors (Lipinski definition) is 1. The van der Waals surface area contributed by atoms with Gasteiger partial charge in [0.25, 0.3) is 0 Å². The Morgan fingerprint density at radius 2 is 1.54 bits per heavy atom. The van der Waals surface area contributed by atoms with Gasteiger partial charge in [-0.05, 0) is 37.8 Å². The fourth-order valence-corrected chi connectivity index (χ4v) is 3.96. The van der Waals surface area contributed by atoms with Crippen LogP contribution in [0.4, 0.5) is 5.69 Å². The lowest BCUT2D eigenvalue weighted by molar-refractivity contribution is 0.463. The summed E-state index contributed by atoms with van der Waals surface area (Å²) >= 11 is 0. The number of rotatable bonds is 10. The Bertz CT molecular complexity index is 531. The molecule has 1 aromatic carbocycles. The summed E-state index contributed by atoms with van der Waals surface area (Å²) in [5.74, 6) is 0. The van der Waals surface area contributed by atoms with Crippen molar-refractivity contribution in [3.8, 4) is 0 Å². The molecule has 1 aliphatic heterocycles. The summed E-state index contributed by atoms with van der Waals surface area (Å²) in [4.78, 5) is 2.52. The number of nitrogens with zero attached hydrogens (tertiary/aromatic N) is 1. The fraction of sp³-hybridized carbons (Fsp3) is 0.652. The molecular weight excluding hydrogens is 290 g/mol. The number of hydrogen-bond donors (Lipinski definition) is 0. The highest BCUT2D eigenvalue weighted by Crippen LogP contribution is 2.42. The van der Waals surface area contributed by atoms with Crippen LogP contribution in [0.25, 0.3) is 5.57 Å². The minimum absolute atomic E-state index is 0.169. The normalized spacial score (nSPS) is 20.0. The van der Waals surface area contributed by atoms with Gasteiger partial charge in [0.1, 0.15) is 0 Å². The van der Waals surface area contributed by atoms with Gasteiger partial charge < -0.3 is 4.90 Å². The Morgan fingerprint density at radius 3 is 2.25 bits per heavy atom. The first-order valence-electron chi connectivity index (χ1n) is 10.2. The van der Waals surface area contributed by atoms with Gasteiger partial charge in [-0.2, -0.15) is 0 Å². The van der Waals surface area contributed by atoms with Crippen LogP contribution >= 0.6 is 0 Å². The number of likely N-dealkylation sites (N-methyl/N-ethyl adjacent to an activating group) is 1. The lowest BCUT2D eigenvalue weighted by Gasteiger charge is -2.44. The maximum absolute atomic E-state index is 2.59. The van der Waals surface area contributed by atoms with E-state index in [9.17, 15) is 0 Å². The topological polar surface area (TPSA) is 3.24 Å². The molecule has 1 aromatic rings. The monoisotopic (exact) mass is 327 g/mol. The predicted octanol–water partition coefficient (Wildman–Crippen LogP) is 7.22. The molecule has 0 spiro atoms. The molecule has 1 nitrogen and oxygen atoms in total. The fourth-order valence-electron chi connectivity index (χ4n) is 3.96. The molecule has 0 fully saturated rings. The summed E-state index contributed by atoms with van der Waals surface area (Å²) < 4.78 is 0. The van der Waals surface area contributed by atoms with Crippen LogP contribution in [0.1, 0.15) is 90.5 Å². The maximum Gasteiger partial charge on any atom is 0.0559 e. The molecule has 0 bridgehead atoms. The molecular formula is C23H37N. The number of unbranched alkanes of at least 4 members (excludes halogenated alkanes) is 6. The molecule has 0 N–H and O–H groups in total. The number of fused-ring (bicyclic) bond motifs is 1. The molecule has 1 unspecified atom stereocenters. The third kappa shape index (κ3) is 4.65. The van der Waals surface area contributed by atoms with Gasteiger partial charge in [-0.1, -0.05) is 83.1 Å². The Morgan fingerprint density at radius 1 is 0.875 bits per heavy atom. The van der Waals surface area contributed by atoms with Crippen LogP contribution in [0.15, 0.2) is 30.3 Å². The number of benzene rings is 1. The molecule has 1 heterocycles. The van der Waals surface area contributed by atoms with Crippen molar-refractivity contribution in [3.05, 3.63) is 35.9 Å². The Balaban J connectivity index is 2.15. The smallest absolute Gasteiger partial charge is 0.0559 e. The predicted molar refractivity (Wildman–Crippen MR) is 109 cm³/mol. The second-order valence-electron chi connectivity index (χ2n) is 7.72. The maximum atomic E-state index is 2.59. The zero-order chi connectivity index (χ0) is 17.4. The van der Waals surface area contributed by atoms with Crippen molar-refractivity contribution in [2.75, 3.05) is 11.9 Å². The van der Waals surface area contributed by atoms with E-state index < -0.39 is 0 Å². The van der Waals surface area contributed by atoms with E-state index in [1.54, 1.807) is 5.57 Å². The van der Waals surface area contributed by atoms with Crippen LogP contribution in [-0.2, 0) is 0 Å². The van der Waals surface area contributed by atoms with Crippen molar-refractivity contribution in [2.24, 2.45) is 0 Å². The van der Waals surface area contributed by atoms with Gasteiger partial charge in [0.15, 0.2) is 0 Å². The highest BCUT2D eigenvalue weighted by Gasteiger charge is 2.32. The first-order chi connectivity index (χ1) is 11.6. The minimum Gasteiger partial charge on any atom is -0.365 e. The van der Waals surface area contributed by atoms with E-state index in [4.69, 9.17) is 0 Å². The lowest BCUT2D eigenvalue weighted by atomic mass is 9.82. The zero-order valence-electron chi connectivity index (χ0n) is 16.4. The van der Waals surface area contributed by atoms with Crippen molar-refractivity contribution in [1.82, 2.24) is 0 Å². The van der Waals surface area contributed by atoms with E-state index in [1.807, 2.05) is 0 Å². The molecule has 0 radical (unpaired) electrons. The van der Waals surface area contributed by atoms with Crippen LogP contribution in [-0.4, -0.2) is 12.6 Å². The van der Waals surface area contributed by atoms with Gasteiger partial charge >= 0.3 is 0 Å². The summed E-state index contributed by atoms with van der Waals surface area (Å²) in [6.45, 7) is 7.01. The minimum atomic E-state index is 0.169. The lowest BCUT2D eigenvalue weighted by Crippen LogP contribution is -2.45. The quantitative estimate of drug-likeness (QED) is 0.410. The van der Waals surface area contributed by atoms with Gasteiger partial charge in [0.2, 0.25) is 0 Å². The summed E-state index contributed by atoms with van der Waals surface area (Å²) in [5.41, 5.74) is 4.63. The van der Waals surface area contributed by atoms with Crippen LogP contribution in [0.5, 0.6) is 0 Å². The van der Waals surface area contributed by atoms with E-state index in [1.165, 1.54) is 75.5 Å². The molecule has 0 aromatic heterocycles. The third-order valence-corrected chi connectivity index (χ3v) is 5.70. The summed E-state index contributed by atoms with van der Waals surface area (Å²) in [6.07, 6.45) is 15.8. The van der Waals surface area contributed by atoms with Crippen LogP contribution < -0.4 is 4.90 Å². The van der Waals surface area contributed by atoms with E-state index in [-0.39, 0.29) is 5.54 Å². The van der Waals surface area contributed by atoms with E-state index in [0.29, 0.717) is 0 Å². The van der Waals surface area contributed by atoms with Crippen LogP contribution in [0, 0.1) is 0 Å². The number of para-hydroxylation sites is 1. The van der Waals surface area contributed by atoms with Crippen molar-refractivity contribution in [2.45, 2.75) is 90.5 Å². The molecule has 1 atom stereocenters. The van der Waals surface area contributed by atoms with Crippen molar-refractivity contribution < 1.29 is 0 Å². The molecule has 24 heavy (non-hydrogen) atoms. The second-order valence-corrected chi connectivity index (χ2v) is 7.72. The summed E-state index contributed by atoms with van der Waals surface area (Å²) in [6, 6.07) is 9.00. The largest absolute Gasteiger partial charge is 0.365 e. The van der Waals surface area contributed by atoms with Gasteiger partial charge in [-0.25, -0.2) is 0 Å². The molecule has 1 heteroatoms. The van der Waals surface area contributed by atoms with Gasteiger partial charge in [0, 0.05) is 18.3 Å². The number of anilines is 1. The summed E-state index contributed by atoms with van der Waals surface area (Å²) in [5, 5.41) is 0. The first-order valence-corrected chi connectivity index (χ1v) is 10.2. The van der Waals surface area contributed by atoms with Crippen molar-refractivity contribution in [1.29, 1.82) is 0 Å². The zero-order valence-corrected chi connectivity index (χ0v) is 16.4. The second kappa shape index (κ2) is 9.30. The van der Waals surface area contributed by atoms with Crippen molar-refractivity contribution in [3.63, 3.8) is 0 Å². The SMILES string of the molecule is CCCCCCC1=CC(C)(CCCCCC)N(C)c2ccccc21. The molecule has 134 valence electrons. The molecule has 1 aliphatic rings. The molecule has 0 saturated heterocycles. The highest BCUT2D eigenvalue weighted by atomic mass is 15.2. The van der Waals surface area contributed by atoms with Crippen LogP contribution in [0.3, 0.4) is 0 Å². The Labute approximate surface area is 150 Å². The average Bonchev–Trinajstić information content (AvgIpc) is 2.60. The van der Waals surface area contributed by atoms with Gasteiger partial charge in [-0.15, -0.1) is 0 Å². The first kappa shape index (κ1) is 19.1. The molecule has 0 aliphatic carbocycles. The molecule has 0 amide bonds. The third-order valence-electron chi connectivity index (χ3n) is 5.70. The molecule has 2 rings (SSSR count).